The van der Waals surface area contributed by atoms with Crippen molar-refractivity contribution in [1.29, 1.82) is 0 Å². The number of hydrogen-bond acceptors (Lipinski definition) is 3. The minimum Gasteiger partial charge on any atom is -0.508 e. The van der Waals surface area contributed by atoms with Gasteiger partial charge in [-0.3, -0.25) is 9.59 Å². The summed E-state index contributed by atoms with van der Waals surface area (Å²) in [6.07, 6.45) is 10.6. The second kappa shape index (κ2) is 10.1. The maximum Gasteiger partial charge on any atom is 0.309 e. The molecule has 0 atom stereocenters. The van der Waals surface area contributed by atoms with Crippen LogP contribution in [-0.4, -0.2) is 27.3 Å². The molecule has 0 aromatic heterocycles. The van der Waals surface area contributed by atoms with Crippen LogP contribution < -0.4 is 0 Å². The highest BCUT2D eigenvalue weighted by molar-refractivity contribution is 5.77. The Morgan fingerprint density at radius 3 is 2.21 bits per heavy atom. The quantitative estimate of drug-likeness (QED) is 0.352. The lowest BCUT2D eigenvalue weighted by atomic mass is 9.87. The van der Waals surface area contributed by atoms with Crippen LogP contribution in [0, 0.1) is 10.8 Å². The number of aryl methyl sites for hydroxylation is 2. The maximum atomic E-state index is 11.2. The van der Waals surface area contributed by atoms with Crippen LogP contribution in [0.3, 0.4) is 0 Å². The Bertz CT molecular complexity index is 703. The van der Waals surface area contributed by atoms with E-state index in [0.717, 1.165) is 81.8 Å². The zero-order valence-electron chi connectivity index (χ0n) is 17.9. The van der Waals surface area contributed by atoms with Gasteiger partial charge in [0.1, 0.15) is 5.75 Å². The van der Waals surface area contributed by atoms with Crippen LogP contribution in [-0.2, 0) is 22.4 Å². The van der Waals surface area contributed by atoms with E-state index in [1.54, 1.807) is 13.8 Å². The van der Waals surface area contributed by atoms with Crippen molar-refractivity contribution < 1.29 is 24.9 Å². The predicted molar refractivity (Wildman–Crippen MR) is 113 cm³/mol. The van der Waals surface area contributed by atoms with Gasteiger partial charge in [-0.1, -0.05) is 37.8 Å². The van der Waals surface area contributed by atoms with E-state index >= 15 is 0 Å². The highest BCUT2D eigenvalue weighted by Crippen LogP contribution is 2.50. The topological polar surface area (TPSA) is 94.8 Å². The Labute approximate surface area is 174 Å². The predicted octanol–water partition coefficient (Wildman–Crippen LogP) is 5.57. The Balaban J connectivity index is 1.63. The van der Waals surface area contributed by atoms with E-state index in [4.69, 9.17) is 5.11 Å². The zero-order valence-corrected chi connectivity index (χ0v) is 17.9. The average Bonchev–Trinajstić information content (AvgIpc) is 3.44. The van der Waals surface area contributed by atoms with E-state index in [2.05, 4.69) is 6.07 Å². The first-order valence-electron chi connectivity index (χ1n) is 10.9. The van der Waals surface area contributed by atoms with Gasteiger partial charge in [0.25, 0.3) is 0 Å². The summed E-state index contributed by atoms with van der Waals surface area (Å²) < 4.78 is 0. The van der Waals surface area contributed by atoms with Gasteiger partial charge in [0.05, 0.1) is 10.8 Å². The number of unbranched alkanes of at least 4 members (excludes halogenated alkanes) is 4. The van der Waals surface area contributed by atoms with Gasteiger partial charge in [-0.15, -0.1) is 0 Å². The third-order valence-corrected chi connectivity index (χ3v) is 6.40. The summed E-state index contributed by atoms with van der Waals surface area (Å²) in [6.45, 7) is 3.55. The Morgan fingerprint density at radius 1 is 0.966 bits per heavy atom. The summed E-state index contributed by atoms with van der Waals surface area (Å²) in [5, 5.41) is 28.6. The van der Waals surface area contributed by atoms with Crippen molar-refractivity contribution >= 4 is 11.9 Å². The maximum absolute atomic E-state index is 11.2. The molecule has 0 spiro atoms. The summed E-state index contributed by atoms with van der Waals surface area (Å²) in [7, 11) is 0. The van der Waals surface area contributed by atoms with Crippen LogP contribution in [0.5, 0.6) is 5.75 Å². The number of benzene rings is 1. The van der Waals surface area contributed by atoms with Gasteiger partial charge >= 0.3 is 11.9 Å². The van der Waals surface area contributed by atoms with Crippen molar-refractivity contribution in [3.8, 4) is 5.75 Å². The fraction of sp³-hybridized carbons (Fsp3) is 0.667. The van der Waals surface area contributed by atoms with Crippen LogP contribution in [0.2, 0.25) is 0 Å². The molecule has 1 fully saturated rings. The van der Waals surface area contributed by atoms with E-state index in [0.29, 0.717) is 12.2 Å². The van der Waals surface area contributed by atoms with Gasteiger partial charge in [0.15, 0.2) is 0 Å². The number of carboxylic acid groups (broad SMARTS) is 2. The van der Waals surface area contributed by atoms with E-state index in [9.17, 15) is 19.8 Å². The van der Waals surface area contributed by atoms with Crippen LogP contribution in [0.1, 0.15) is 89.2 Å². The number of aromatic hydroxyl groups is 1. The normalized spacial score (nSPS) is 15.2. The van der Waals surface area contributed by atoms with Crippen LogP contribution in [0.25, 0.3) is 0 Å². The number of carbonyl (C=O) groups is 2. The fourth-order valence-corrected chi connectivity index (χ4v) is 3.83. The molecule has 0 amide bonds. The Kier molecular flexibility index (Phi) is 8.12. The smallest absolute Gasteiger partial charge is 0.309 e. The van der Waals surface area contributed by atoms with Gasteiger partial charge in [0, 0.05) is 0 Å². The number of carboxylic acids is 2. The van der Waals surface area contributed by atoms with Crippen LogP contribution in [0.15, 0.2) is 18.2 Å². The minimum absolute atomic E-state index is 0.338. The van der Waals surface area contributed by atoms with E-state index < -0.39 is 22.8 Å². The summed E-state index contributed by atoms with van der Waals surface area (Å²) in [6, 6.07) is 5.91. The molecule has 1 aliphatic carbocycles. The molecule has 0 heterocycles. The van der Waals surface area contributed by atoms with E-state index in [1.807, 2.05) is 12.1 Å². The van der Waals surface area contributed by atoms with Gasteiger partial charge in [-0.2, -0.15) is 0 Å². The van der Waals surface area contributed by atoms with Gasteiger partial charge in [0.2, 0.25) is 0 Å². The summed E-state index contributed by atoms with van der Waals surface area (Å²) in [5.74, 6) is -1.05. The van der Waals surface area contributed by atoms with Crippen molar-refractivity contribution in [2.45, 2.75) is 90.9 Å². The first-order chi connectivity index (χ1) is 13.7. The molecule has 162 valence electrons. The third kappa shape index (κ3) is 7.06. The standard InChI is InChI=1S/C24H36O5/c1-23(2,21(26)27)13-7-4-3-5-9-18-11-12-19(20(25)17-18)10-6-8-14-24(15-16-24)22(28)29/h11-12,17,25H,3-10,13-16H2,1-2H3,(H,26,27)(H,28,29). The Morgan fingerprint density at radius 2 is 1.62 bits per heavy atom. The van der Waals surface area contributed by atoms with Crippen LogP contribution >= 0.6 is 0 Å². The van der Waals surface area contributed by atoms with Gasteiger partial charge < -0.3 is 15.3 Å². The summed E-state index contributed by atoms with van der Waals surface area (Å²) >= 11 is 0. The molecule has 1 saturated carbocycles. The first kappa shape index (κ1) is 23.2. The number of hydrogen-bond donors (Lipinski definition) is 3. The number of rotatable bonds is 14. The molecule has 1 aliphatic rings. The molecular formula is C24H36O5. The Hall–Kier alpha value is -2.04. The molecule has 2 rings (SSSR count). The molecule has 5 heteroatoms. The third-order valence-electron chi connectivity index (χ3n) is 6.40. The minimum atomic E-state index is -0.734. The molecule has 0 bridgehead atoms. The second-order valence-corrected chi connectivity index (χ2v) is 9.36. The molecule has 3 N–H and O–H groups in total. The lowest BCUT2D eigenvalue weighted by Crippen LogP contribution is -2.23. The molecule has 0 unspecified atom stereocenters. The summed E-state index contributed by atoms with van der Waals surface area (Å²) in [4.78, 5) is 22.3. The van der Waals surface area contributed by atoms with E-state index in [1.165, 1.54) is 0 Å². The molecule has 5 nitrogen and oxygen atoms in total. The largest absolute Gasteiger partial charge is 0.508 e. The average molecular weight is 405 g/mol. The molecule has 0 saturated heterocycles. The number of phenols is 1. The van der Waals surface area contributed by atoms with Crippen molar-refractivity contribution in [2.75, 3.05) is 0 Å². The van der Waals surface area contributed by atoms with Crippen molar-refractivity contribution in [2.24, 2.45) is 10.8 Å². The lowest BCUT2D eigenvalue weighted by molar-refractivity contribution is -0.147. The molecule has 29 heavy (non-hydrogen) atoms. The van der Waals surface area contributed by atoms with E-state index in [-0.39, 0.29) is 0 Å². The van der Waals surface area contributed by atoms with Crippen molar-refractivity contribution in [3.63, 3.8) is 0 Å². The van der Waals surface area contributed by atoms with Crippen LogP contribution in [0.4, 0.5) is 0 Å². The van der Waals surface area contributed by atoms with Gasteiger partial charge in [-0.05, 0) is 82.4 Å². The molecule has 1 aromatic carbocycles. The monoisotopic (exact) mass is 404 g/mol. The number of phenolic OH excluding ortho intramolecular Hbond substituents is 1. The number of aliphatic carboxylic acids is 2. The second-order valence-electron chi connectivity index (χ2n) is 9.36. The fourth-order valence-electron chi connectivity index (χ4n) is 3.83. The van der Waals surface area contributed by atoms with Gasteiger partial charge in [-0.25, -0.2) is 0 Å². The highest BCUT2D eigenvalue weighted by atomic mass is 16.4. The highest BCUT2D eigenvalue weighted by Gasteiger charge is 2.49. The molecular weight excluding hydrogens is 368 g/mol. The van der Waals surface area contributed by atoms with Crippen molar-refractivity contribution in [1.82, 2.24) is 0 Å². The molecule has 0 radical (unpaired) electrons. The molecule has 1 aromatic rings. The molecule has 0 aliphatic heterocycles. The zero-order chi connectivity index (χ0) is 21.5. The summed E-state index contributed by atoms with van der Waals surface area (Å²) in [5.41, 5.74) is 0.966. The SMILES string of the molecule is CC(C)(CCCCCCc1ccc(CCCCC2(C(=O)O)CC2)c(O)c1)C(=O)O. The lowest BCUT2D eigenvalue weighted by Gasteiger charge is -2.18. The van der Waals surface area contributed by atoms with Crippen molar-refractivity contribution in [3.05, 3.63) is 29.3 Å². The first-order valence-corrected chi connectivity index (χ1v) is 10.9.